The van der Waals surface area contributed by atoms with Crippen molar-refractivity contribution in [3.63, 3.8) is 0 Å². The molecule has 3 heteroatoms. The van der Waals surface area contributed by atoms with Crippen molar-refractivity contribution in [2.75, 3.05) is 0 Å². The molecule has 1 N–H and O–H groups in total. The lowest BCUT2D eigenvalue weighted by molar-refractivity contribution is -0.122. The number of allylic oxidation sites excluding steroid dienone is 2. The predicted octanol–water partition coefficient (Wildman–Crippen LogP) is 3.69. The zero-order valence-electron chi connectivity index (χ0n) is 13.4. The van der Waals surface area contributed by atoms with Gasteiger partial charge in [0.25, 0.3) is 0 Å². The van der Waals surface area contributed by atoms with Crippen molar-refractivity contribution in [3.8, 4) is 0 Å². The molecule has 0 bridgehead atoms. The monoisotopic (exact) mass is 317 g/mol. The van der Waals surface area contributed by atoms with Gasteiger partial charge in [0.05, 0.1) is 0 Å². The number of hydrogen-bond acceptors (Lipinski definition) is 2. The number of ketones is 1. The molecule has 2 atom stereocenters. The van der Waals surface area contributed by atoms with Crippen LogP contribution in [0.4, 0.5) is 0 Å². The van der Waals surface area contributed by atoms with E-state index in [1.54, 1.807) is 0 Å². The summed E-state index contributed by atoms with van der Waals surface area (Å²) in [7, 11) is 0. The molecule has 1 aliphatic heterocycles. The van der Waals surface area contributed by atoms with Crippen molar-refractivity contribution in [2.45, 2.75) is 31.1 Å². The van der Waals surface area contributed by atoms with Crippen molar-refractivity contribution in [1.29, 1.82) is 0 Å². The van der Waals surface area contributed by atoms with Gasteiger partial charge in [-0.2, -0.15) is 0 Å². The summed E-state index contributed by atoms with van der Waals surface area (Å²) < 4.78 is 0. The highest BCUT2D eigenvalue weighted by molar-refractivity contribution is 6.02. The number of carbonyl (C=O) groups excluding carboxylic acids is 2. The third-order valence-corrected chi connectivity index (χ3v) is 5.01. The molecule has 0 unspecified atom stereocenters. The number of hydrogen-bond donors (Lipinski definition) is 1. The fraction of sp³-hybridized carbons (Fsp3) is 0.238. The van der Waals surface area contributed by atoms with Crippen LogP contribution < -0.4 is 5.32 Å². The van der Waals surface area contributed by atoms with Gasteiger partial charge in [0, 0.05) is 30.0 Å². The minimum atomic E-state index is -0.112. The molecule has 0 spiro atoms. The van der Waals surface area contributed by atoms with Gasteiger partial charge >= 0.3 is 0 Å². The van der Waals surface area contributed by atoms with E-state index in [1.807, 2.05) is 48.5 Å². The Balaban J connectivity index is 1.72. The number of benzene rings is 2. The van der Waals surface area contributed by atoms with Gasteiger partial charge < -0.3 is 5.32 Å². The minimum absolute atomic E-state index is 0.00381. The maximum absolute atomic E-state index is 12.9. The topological polar surface area (TPSA) is 46.2 Å². The summed E-state index contributed by atoms with van der Waals surface area (Å²) in [6.07, 6.45) is 1.59. The Bertz CT molecular complexity index is 808. The molecule has 1 amide bonds. The standard InChI is InChI=1S/C21H19NO2/c23-19-12-16(14-7-3-1-4-8-14)11-18-21(19)17(13-20(24)22-18)15-9-5-2-6-10-15/h1-10,16-17H,11-13H2,(H,22,24)/t16-,17-/m0/s1. The highest BCUT2D eigenvalue weighted by Crippen LogP contribution is 2.42. The predicted molar refractivity (Wildman–Crippen MR) is 92.4 cm³/mol. The molecule has 1 aliphatic carbocycles. The third-order valence-electron chi connectivity index (χ3n) is 5.01. The van der Waals surface area contributed by atoms with Gasteiger partial charge in [-0.1, -0.05) is 60.7 Å². The Morgan fingerprint density at radius 1 is 0.750 bits per heavy atom. The zero-order chi connectivity index (χ0) is 16.5. The van der Waals surface area contributed by atoms with Crippen molar-refractivity contribution < 1.29 is 9.59 Å². The van der Waals surface area contributed by atoms with Gasteiger partial charge in [0.2, 0.25) is 5.91 Å². The van der Waals surface area contributed by atoms with Crippen molar-refractivity contribution >= 4 is 11.7 Å². The Kier molecular flexibility index (Phi) is 3.77. The van der Waals surface area contributed by atoms with Crippen LogP contribution >= 0.6 is 0 Å². The fourth-order valence-electron chi connectivity index (χ4n) is 3.89. The number of rotatable bonds is 2. The first-order valence-corrected chi connectivity index (χ1v) is 8.38. The van der Waals surface area contributed by atoms with E-state index in [4.69, 9.17) is 0 Å². The average molecular weight is 317 g/mol. The van der Waals surface area contributed by atoms with Crippen molar-refractivity contribution in [1.82, 2.24) is 5.32 Å². The maximum Gasteiger partial charge on any atom is 0.225 e. The maximum atomic E-state index is 12.9. The Hall–Kier alpha value is -2.68. The smallest absolute Gasteiger partial charge is 0.225 e. The molecule has 4 rings (SSSR count). The first-order valence-electron chi connectivity index (χ1n) is 8.38. The quantitative estimate of drug-likeness (QED) is 0.918. The second-order valence-electron chi connectivity index (χ2n) is 6.55. The van der Waals surface area contributed by atoms with E-state index >= 15 is 0 Å². The van der Waals surface area contributed by atoms with Crippen LogP contribution in [0.1, 0.15) is 42.2 Å². The van der Waals surface area contributed by atoms with Gasteiger partial charge in [-0.3, -0.25) is 9.59 Å². The summed E-state index contributed by atoms with van der Waals surface area (Å²) in [6, 6.07) is 20.0. The van der Waals surface area contributed by atoms with Crippen LogP contribution in [0.25, 0.3) is 0 Å². The average Bonchev–Trinajstić information content (AvgIpc) is 2.62. The fourth-order valence-corrected chi connectivity index (χ4v) is 3.89. The van der Waals surface area contributed by atoms with E-state index in [1.165, 1.54) is 0 Å². The summed E-state index contributed by atoms with van der Waals surface area (Å²) >= 11 is 0. The summed E-state index contributed by atoms with van der Waals surface area (Å²) in [6.45, 7) is 0. The first kappa shape index (κ1) is 14.9. The number of amides is 1. The molecule has 0 saturated carbocycles. The Morgan fingerprint density at radius 2 is 1.38 bits per heavy atom. The molecule has 0 aromatic heterocycles. The highest BCUT2D eigenvalue weighted by Gasteiger charge is 2.37. The van der Waals surface area contributed by atoms with Gasteiger partial charge in [-0.05, 0) is 23.5 Å². The van der Waals surface area contributed by atoms with E-state index in [9.17, 15) is 9.59 Å². The van der Waals surface area contributed by atoms with Crippen LogP contribution in [-0.2, 0) is 9.59 Å². The third kappa shape index (κ3) is 2.67. The van der Waals surface area contributed by atoms with Crippen molar-refractivity contribution in [2.24, 2.45) is 0 Å². The van der Waals surface area contributed by atoms with Crippen LogP contribution in [0.5, 0.6) is 0 Å². The van der Waals surface area contributed by atoms with E-state index in [-0.39, 0.29) is 23.5 Å². The summed E-state index contributed by atoms with van der Waals surface area (Å²) in [5.41, 5.74) is 3.85. The Morgan fingerprint density at radius 3 is 2.04 bits per heavy atom. The lowest BCUT2D eigenvalue weighted by Gasteiger charge is -2.34. The van der Waals surface area contributed by atoms with E-state index in [2.05, 4.69) is 17.4 Å². The van der Waals surface area contributed by atoms with Crippen LogP contribution in [0.2, 0.25) is 0 Å². The number of carbonyl (C=O) groups is 2. The molecule has 3 nitrogen and oxygen atoms in total. The molecule has 2 aliphatic rings. The van der Waals surface area contributed by atoms with Gasteiger partial charge in [-0.25, -0.2) is 0 Å². The normalized spacial score (nSPS) is 23.7. The summed E-state index contributed by atoms with van der Waals surface area (Å²) in [5.74, 6) is 0.203. The first-order chi connectivity index (χ1) is 11.7. The number of Topliss-reactive ketones (excluding diaryl/α,β-unsaturated/α-hetero) is 1. The van der Waals surface area contributed by atoms with Crippen LogP contribution in [-0.4, -0.2) is 11.7 Å². The molecule has 2 aromatic rings. The molecule has 24 heavy (non-hydrogen) atoms. The second kappa shape index (κ2) is 6.08. The molecule has 0 fully saturated rings. The largest absolute Gasteiger partial charge is 0.329 e. The Labute approximate surface area is 141 Å². The lowest BCUT2D eigenvalue weighted by atomic mass is 9.73. The van der Waals surface area contributed by atoms with Crippen LogP contribution in [0, 0.1) is 0 Å². The second-order valence-corrected chi connectivity index (χ2v) is 6.55. The summed E-state index contributed by atoms with van der Waals surface area (Å²) in [5, 5.41) is 2.97. The van der Waals surface area contributed by atoms with Gasteiger partial charge in [-0.15, -0.1) is 0 Å². The molecule has 1 heterocycles. The van der Waals surface area contributed by atoms with Crippen LogP contribution in [0.3, 0.4) is 0 Å². The van der Waals surface area contributed by atoms with E-state index in [0.717, 1.165) is 28.8 Å². The van der Waals surface area contributed by atoms with Crippen LogP contribution in [0.15, 0.2) is 71.9 Å². The molecule has 2 aromatic carbocycles. The SMILES string of the molecule is O=C1C[C@@H](c2ccccc2)C2=C(C[C@H](c3ccccc3)CC2=O)N1. The van der Waals surface area contributed by atoms with Gasteiger partial charge in [0.15, 0.2) is 5.78 Å². The lowest BCUT2D eigenvalue weighted by Crippen LogP contribution is -2.38. The van der Waals surface area contributed by atoms with Gasteiger partial charge in [0.1, 0.15) is 0 Å². The minimum Gasteiger partial charge on any atom is -0.329 e. The molecule has 120 valence electrons. The molecular formula is C21H19NO2. The highest BCUT2D eigenvalue weighted by atomic mass is 16.2. The van der Waals surface area contributed by atoms with E-state index in [0.29, 0.717) is 12.8 Å². The molecule has 0 saturated heterocycles. The number of nitrogens with one attached hydrogen (secondary N) is 1. The van der Waals surface area contributed by atoms with E-state index < -0.39 is 0 Å². The zero-order valence-corrected chi connectivity index (χ0v) is 13.4. The summed E-state index contributed by atoms with van der Waals surface area (Å²) in [4.78, 5) is 25.1. The van der Waals surface area contributed by atoms with Crippen molar-refractivity contribution in [3.05, 3.63) is 83.1 Å². The molecule has 0 radical (unpaired) electrons. The molecular weight excluding hydrogens is 298 g/mol.